The molecule has 0 aliphatic carbocycles. The molecule has 0 aromatic carbocycles. The second kappa shape index (κ2) is 11.3. The smallest absolute Gasteiger partial charge is 0.413 e. The Kier molecular flexibility index (Phi) is 7.73. The molecule has 2 saturated heterocycles. The van der Waals surface area contributed by atoms with Gasteiger partial charge in [0.25, 0.3) is 0 Å². The molecule has 0 atom stereocenters. The van der Waals surface area contributed by atoms with E-state index in [9.17, 15) is 4.79 Å². The lowest BCUT2D eigenvalue weighted by atomic mass is 9.96. The van der Waals surface area contributed by atoms with Crippen molar-refractivity contribution in [3.05, 3.63) is 36.7 Å². The molecule has 202 valence electrons. The minimum atomic E-state index is -0.574. The largest absolute Gasteiger partial charge is 0.444 e. The van der Waals surface area contributed by atoms with Crippen LogP contribution in [0.2, 0.25) is 0 Å². The zero-order valence-corrected chi connectivity index (χ0v) is 22.3. The lowest BCUT2D eigenvalue weighted by molar-refractivity contribution is 0.0635. The lowest BCUT2D eigenvalue weighted by Crippen LogP contribution is -2.38. The average molecular weight is 521 g/mol. The van der Waals surface area contributed by atoms with Crippen LogP contribution in [0.5, 0.6) is 0 Å². The standard InChI is InChI=1S/C27H36N8O3/c1-27(2,3)38-26(36)32-22-6-10-29-25(31-22)30-18-19-7-11-35(12-8-19)24-20-5-4-9-28-21(20)17-23(33-24)34-13-15-37-16-14-34/h4-6,9-10,17,19H,7-8,11-16,18H2,1-3H3,(H2,29,30,31,32,36). The Labute approximate surface area is 223 Å². The maximum Gasteiger partial charge on any atom is 0.413 e. The normalized spacial score (nSPS) is 16.9. The number of fused-ring (bicyclic) bond motifs is 1. The van der Waals surface area contributed by atoms with E-state index >= 15 is 0 Å². The first-order valence-corrected chi connectivity index (χ1v) is 13.2. The molecule has 11 nitrogen and oxygen atoms in total. The van der Waals surface area contributed by atoms with Gasteiger partial charge in [-0.15, -0.1) is 0 Å². The lowest BCUT2D eigenvalue weighted by Gasteiger charge is -2.34. The van der Waals surface area contributed by atoms with Gasteiger partial charge in [0.1, 0.15) is 23.1 Å². The molecular weight excluding hydrogens is 484 g/mol. The van der Waals surface area contributed by atoms with E-state index in [4.69, 9.17) is 14.5 Å². The monoisotopic (exact) mass is 520 g/mol. The van der Waals surface area contributed by atoms with Crippen molar-refractivity contribution in [1.29, 1.82) is 0 Å². The van der Waals surface area contributed by atoms with E-state index in [1.54, 1.807) is 12.3 Å². The van der Waals surface area contributed by atoms with E-state index in [1.807, 2.05) is 33.0 Å². The molecule has 3 aromatic rings. The van der Waals surface area contributed by atoms with Crippen LogP contribution in [0.15, 0.2) is 36.7 Å². The Morgan fingerprint density at radius 3 is 2.61 bits per heavy atom. The molecule has 0 unspecified atom stereocenters. The summed E-state index contributed by atoms with van der Waals surface area (Å²) in [5.74, 6) is 3.34. The van der Waals surface area contributed by atoms with Gasteiger partial charge in [0.15, 0.2) is 0 Å². The van der Waals surface area contributed by atoms with Crippen LogP contribution in [0.1, 0.15) is 33.6 Å². The van der Waals surface area contributed by atoms with Crippen LogP contribution in [0.3, 0.4) is 0 Å². The fraction of sp³-hybridized carbons (Fsp3) is 0.519. The van der Waals surface area contributed by atoms with Crippen molar-refractivity contribution in [1.82, 2.24) is 19.9 Å². The van der Waals surface area contributed by atoms with E-state index in [-0.39, 0.29) is 0 Å². The average Bonchev–Trinajstić information content (AvgIpc) is 2.91. The molecule has 11 heteroatoms. The summed E-state index contributed by atoms with van der Waals surface area (Å²) in [5, 5.41) is 7.08. The second-order valence-corrected chi connectivity index (χ2v) is 10.7. The van der Waals surface area contributed by atoms with Gasteiger partial charge in [-0.1, -0.05) is 0 Å². The number of carbonyl (C=O) groups excluding carboxylic acids is 1. The summed E-state index contributed by atoms with van der Waals surface area (Å²) in [7, 11) is 0. The zero-order chi connectivity index (χ0) is 26.5. The maximum absolute atomic E-state index is 12.0. The molecule has 0 radical (unpaired) electrons. The molecular formula is C27H36N8O3. The number of hydrogen-bond donors (Lipinski definition) is 2. The third kappa shape index (κ3) is 6.58. The SMILES string of the molecule is CC(C)(C)OC(=O)Nc1ccnc(NCC2CCN(c3nc(N4CCOCC4)cc4ncccc34)CC2)n1. The first-order chi connectivity index (χ1) is 18.3. The molecule has 0 spiro atoms. The molecule has 0 bridgehead atoms. The van der Waals surface area contributed by atoms with Crippen LogP contribution in [0.4, 0.5) is 28.2 Å². The van der Waals surface area contributed by atoms with Crippen LogP contribution in [0, 0.1) is 5.92 Å². The van der Waals surface area contributed by atoms with Crippen molar-refractivity contribution in [3.63, 3.8) is 0 Å². The van der Waals surface area contributed by atoms with Gasteiger partial charge in [-0.2, -0.15) is 4.98 Å². The summed E-state index contributed by atoms with van der Waals surface area (Å²) < 4.78 is 10.8. The summed E-state index contributed by atoms with van der Waals surface area (Å²) in [6.07, 6.45) is 4.97. The van der Waals surface area contributed by atoms with Gasteiger partial charge in [0, 0.05) is 56.6 Å². The number of aromatic nitrogens is 4. The quantitative estimate of drug-likeness (QED) is 0.495. The Morgan fingerprint density at radius 1 is 1.05 bits per heavy atom. The van der Waals surface area contributed by atoms with Crippen LogP contribution < -0.4 is 20.4 Å². The first kappa shape index (κ1) is 25.9. The van der Waals surface area contributed by atoms with Crippen molar-refractivity contribution in [3.8, 4) is 0 Å². The molecule has 5 heterocycles. The van der Waals surface area contributed by atoms with Crippen molar-refractivity contribution in [2.45, 2.75) is 39.2 Å². The summed E-state index contributed by atoms with van der Waals surface area (Å²) in [5.41, 5.74) is 0.398. The van der Waals surface area contributed by atoms with Crippen LogP contribution in [-0.2, 0) is 9.47 Å². The molecule has 0 saturated carbocycles. The van der Waals surface area contributed by atoms with E-state index in [0.29, 0.717) is 17.7 Å². The number of nitrogens with one attached hydrogen (secondary N) is 2. The number of ether oxygens (including phenoxy) is 2. The fourth-order valence-electron chi connectivity index (χ4n) is 4.75. The van der Waals surface area contributed by atoms with Crippen molar-refractivity contribution < 1.29 is 14.3 Å². The van der Waals surface area contributed by atoms with Gasteiger partial charge in [0.2, 0.25) is 5.95 Å². The highest BCUT2D eigenvalue weighted by atomic mass is 16.6. The Bertz CT molecular complexity index is 1250. The van der Waals surface area contributed by atoms with E-state index in [1.165, 1.54) is 0 Å². The van der Waals surface area contributed by atoms with Gasteiger partial charge in [-0.05, 0) is 57.7 Å². The van der Waals surface area contributed by atoms with Crippen LogP contribution >= 0.6 is 0 Å². The molecule has 2 fully saturated rings. The van der Waals surface area contributed by atoms with E-state index in [2.05, 4.69) is 47.5 Å². The number of morpholine rings is 1. The zero-order valence-electron chi connectivity index (χ0n) is 22.3. The molecule has 2 aliphatic heterocycles. The molecule has 5 rings (SSSR count). The van der Waals surface area contributed by atoms with Crippen LogP contribution in [-0.4, -0.2) is 77.6 Å². The van der Waals surface area contributed by atoms with Crippen molar-refractivity contribution in [2.24, 2.45) is 5.92 Å². The van der Waals surface area contributed by atoms with Gasteiger partial charge >= 0.3 is 6.09 Å². The molecule has 2 aliphatic rings. The minimum absolute atomic E-state index is 0.401. The number of rotatable bonds is 6. The summed E-state index contributed by atoms with van der Waals surface area (Å²) in [6.45, 7) is 11.2. The van der Waals surface area contributed by atoms with E-state index in [0.717, 1.165) is 81.3 Å². The Hall–Kier alpha value is -3.73. The number of nitrogens with zero attached hydrogens (tertiary/aromatic N) is 6. The Morgan fingerprint density at radius 2 is 1.84 bits per heavy atom. The van der Waals surface area contributed by atoms with Crippen LogP contribution in [0.25, 0.3) is 10.9 Å². The molecule has 2 N–H and O–H groups in total. The highest BCUT2D eigenvalue weighted by Crippen LogP contribution is 2.31. The van der Waals surface area contributed by atoms with Gasteiger partial charge in [0.05, 0.1) is 18.7 Å². The van der Waals surface area contributed by atoms with Gasteiger partial charge in [-0.3, -0.25) is 10.3 Å². The molecule has 1 amide bonds. The number of pyridine rings is 2. The highest BCUT2D eigenvalue weighted by Gasteiger charge is 2.24. The third-order valence-corrected chi connectivity index (χ3v) is 6.65. The molecule has 3 aromatic heterocycles. The van der Waals surface area contributed by atoms with Gasteiger partial charge < -0.3 is 24.6 Å². The van der Waals surface area contributed by atoms with E-state index < -0.39 is 11.7 Å². The molecule has 38 heavy (non-hydrogen) atoms. The first-order valence-electron chi connectivity index (χ1n) is 13.2. The van der Waals surface area contributed by atoms with Crippen molar-refractivity contribution >= 4 is 40.4 Å². The fourth-order valence-corrected chi connectivity index (χ4v) is 4.75. The summed E-state index contributed by atoms with van der Waals surface area (Å²) in [4.78, 5) is 35.1. The second-order valence-electron chi connectivity index (χ2n) is 10.7. The maximum atomic E-state index is 12.0. The highest BCUT2D eigenvalue weighted by molar-refractivity contribution is 5.91. The number of piperidine rings is 1. The van der Waals surface area contributed by atoms with Gasteiger partial charge in [-0.25, -0.2) is 14.8 Å². The Balaban J connectivity index is 1.19. The number of anilines is 4. The third-order valence-electron chi connectivity index (χ3n) is 6.65. The number of amides is 1. The summed E-state index contributed by atoms with van der Waals surface area (Å²) in [6, 6.07) is 7.82. The predicted octanol–water partition coefficient (Wildman–Crippen LogP) is 3.93. The minimum Gasteiger partial charge on any atom is -0.444 e. The number of carbonyl (C=O) groups is 1. The number of hydrogen-bond acceptors (Lipinski definition) is 10. The topological polar surface area (TPSA) is 118 Å². The summed E-state index contributed by atoms with van der Waals surface area (Å²) >= 11 is 0. The predicted molar refractivity (Wildman–Crippen MR) is 148 cm³/mol. The van der Waals surface area contributed by atoms with Crippen molar-refractivity contribution in [2.75, 3.05) is 66.4 Å².